The maximum absolute atomic E-state index is 4.30. The van der Waals surface area contributed by atoms with Crippen LogP contribution in [-0.4, -0.2) is 11.4 Å². The zero-order valence-electron chi connectivity index (χ0n) is 11.3. The van der Waals surface area contributed by atoms with Gasteiger partial charge in [-0.2, -0.15) is 10.2 Å². The van der Waals surface area contributed by atoms with E-state index >= 15 is 0 Å². The van der Waals surface area contributed by atoms with Crippen LogP contribution in [0.1, 0.15) is 25.0 Å². The number of nitrogens with zero attached hydrogens (tertiary/aromatic N) is 2. The lowest BCUT2D eigenvalue weighted by Crippen LogP contribution is -1.96. The molecule has 0 fully saturated rings. The Morgan fingerprint density at radius 1 is 0.650 bits per heavy atom. The second kappa shape index (κ2) is 6.95. The SMILES string of the molecule is C/C(=N\N=C(/C)c1ccc(Br)cc1)c1ccc(Br)cc1. The van der Waals surface area contributed by atoms with E-state index in [-0.39, 0.29) is 0 Å². The van der Waals surface area contributed by atoms with Crippen LogP contribution in [0.5, 0.6) is 0 Å². The van der Waals surface area contributed by atoms with Crippen molar-refractivity contribution in [1.29, 1.82) is 0 Å². The molecule has 20 heavy (non-hydrogen) atoms. The Bertz CT molecular complexity index is 582. The quantitative estimate of drug-likeness (QED) is 0.489. The van der Waals surface area contributed by atoms with Gasteiger partial charge >= 0.3 is 0 Å². The summed E-state index contributed by atoms with van der Waals surface area (Å²) in [5, 5.41) is 8.60. The van der Waals surface area contributed by atoms with Crippen molar-refractivity contribution in [3.63, 3.8) is 0 Å². The molecule has 0 amide bonds. The van der Waals surface area contributed by atoms with Crippen LogP contribution in [-0.2, 0) is 0 Å². The van der Waals surface area contributed by atoms with Crippen molar-refractivity contribution in [1.82, 2.24) is 0 Å². The molecule has 0 aliphatic carbocycles. The van der Waals surface area contributed by atoms with Gasteiger partial charge in [-0.1, -0.05) is 56.1 Å². The Kier molecular flexibility index (Phi) is 5.26. The van der Waals surface area contributed by atoms with E-state index in [1.54, 1.807) is 0 Å². The fraction of sp³-hybridized carbons (Fsp3) is 0.125. The summed E-state index contributed by atoms with van der Waals surface area (Å²) >= 11 is 6.84. The maximum Gasteiger partial charge on any atom is 0.0671 e. The third-order valence-electron chi connectivity index (χ3n) is 2.87. The van der Waals surface area contributed by atoms with Crippen molar-refractivity contribution in [3.05, 3.63) is 68.6 Å². The Morgan fingerprint density at radius 3 is 1.25 bits per heavy atom. The number of halogens is 2. The fourth-order valence-corrected chi connectivity index (χ4v) is 2.18. The first-order chi connectivity index (χ1) is 9.56. The fourth-order valence-electron chi connectivity index (χ4n) is 1.65. The van der Waals surface area contributed by atoms with E-state index < -0.39 is 0 Å². The van der Waals surface area contributed by atoms with Crippen LogP contribution in [0.3, 0.4) is 0 Å². The molecule has 0 radical (unpaired) electrons. The largest absolute Gasteiger partial charge is 0.155 e. The van der Waals surface area contributed by atoms with E-state index in [2.05, 4.69) is 42.1 Å². The van der Waals surface area contributed by atoms with Crippen LogP contribution < -0.4 is 0 Å². The summed E-state index contributed by atoms with van der Waals surface area (Å²) in [6, 6.07) is 16.1. The summed E-state index contributed by atoms with van der Waals surface area (Å²) in [4.78, 5) is 0. The van der Waals surface area contributed by atoms with Crippen molar-refractivity contribution in [2.75, 3.05) is 0 Å². The average molecular weight is 394 g/mol. The van der Waals surface area contributed by atoms with E-state index in [1.807, 2.05) is 62.4 Å². The molecule has 0 aliphatic rings. The number of benzene rings is 2. The molecule has 0 aliphatic heterocycles. The normalized spacial score (nSPS) is 12.6. The van der Waals surface area contributed by atoms with E-state index in [1.165, 1.54) is 0 Å². The molecule has 0 saturated heterocycles. The van der Waals surface area contributed by atoms with Crippen LogP contribution in [0.2, 0.25) is 0 Å². The molecule has 0 bridgehead atoms. The zero-order valence-corrected chi connectivity index (χ0v) is 14.4. The zero-order chi connectivity index (χ0) is 14.5. The lowest BCUT2D eigenvalue weighted by molar-refractivity contribution is 1.22. The van der Waals surface area contributed by atoms with E-state index in [0.29, 0.717) is 0 Å². The number of hydrogen-bond acceptors (Lipinski definition) is 2. The lowest BCUT2D eigenvalue weighted by atomic mass is 10.1. The minimum Gasteiger partial charge on any atom is -0.155 e. The van der Waals surface area contributed by atoms with Crippen LogP contribution >= 0.6 is 31.9 Å². The third-order valence-corrected chi connectivity index (χ3v) is 3.93. The lowest BCUT2D eigenvalue weighted by Gasteiger charge is -2.01. The highest BCUT2D eigenvalue weighted by atomic mass is 79.9. The van der Waals surface area contributed by atoms with E-state index in [9.17, 15) is 0 Å². The van der Waals surface area contributed by atoms with E-state index in [0.717, 1.165) is 31.5 Å². The molecular weight excluding hydrogens is 380 g/mol. The highest BCUT2D eigenvalue weighted by Crippen LogP contribution is 2.13. The van der Waals surface area contributed by atoms with Gasteiger partial charge in [0, 0.05) is 8.95 Å². The van der Waals surface area contributed by atoms with Crippen molar-refractivity contribution in [3.8, 4) is 0 Å². The first kappa shape index (κ1) is 15.1. The summed E-state index contributed by atoms with van der Waals surface area (Å²) in [7, 11) is 0. The molecule has 0 N–H and O–H groups in total. The van der Waals surface area contributed by atoms with Gasteiger partial charge < -0.3 is 0 Å². The summed E-state index contributed by atoms with van der Waals surface area (Å²) in [6.07, 6.45) is 0. The van der Waals surface area contributed by atoms with Gasteiger partial charge in [0.15, 0.2) is 0 Å². The molecule has 0 unspecified atom stereocenters. The van der Waals surface area contributed by atoms with Gasteiger partial charge in [0.25, 0.3) is 0 Å². The average Bonchev–Trinajstić information content (AvgIpc) is 2.46. The van der Waals surface area contributed by atoms with Crippen LogP contribution in [0.15, 0.2) is 67.7 Å². The first-order valence-corrected chi connectivity index (χ1v) is 7.75. The molecule has 4 heteroatoms. The molecule has 0 atom stereocenters. The maximum atomic E-state index is 4.30. The molecule has 0 spiro atoms. The Hall–Kier alpha value is -1.26. The topological polar surface area (TPSA) is 24.7 Å². The molecule has 2 aromatic carbocycles. The molecule has 0 aromatic heterocycles. The first-order valence-electron chi connectivity index (χ1n) is 6.17. The van der Waals surface area contributed by atoms with Crippen LogP contribution in [0.4, 0.5) is 0 Å². The number of rotatable bonds is 3. The van der Waals surface area contributed by atoms with Gasteiger partial charge in [-0.25, -0.2) is 0 Å². The predicted molar refractivity (Wildman–Crippen MR) is 92.7 cm³/mol. The molecule has 0 heterocycles. The van der Waals surface area contributed by atoms with Crippen LogP contribution in [0.25, 0.3) is 0 Å². The van der Waals surface area contributed by atoms with Crippen LogP contribution in [0, 0.1) is 0 Å². The summed E-state index contributed by atoms with van der Waals surface area (Å²) in [5.74, 6) is 0. The van der Waals surface area contributed by atoms with Gasteiger partial charge in [-0.3, -0.25) is 0 Å². The van der Waals surface area contributed by atoms with Gasteiger partial charge in [-0.15, -0.1) is 0 Å². The van der Waals surface area contributed by atoms with Crippen molar-refractivity contribution < 1.29 is 0 Å². The highest BCUT2D eigenvalue weighted by molar-refractivity contribution is 9.10. The molecule has 102 valence electrons. The van der Waals surface area contributed by atoms with Gasteiger partial charge in [0.1, 0.15) is 0 Å². The summed E-state index contributed by atoms with van der Waals surface area (Å²) in [5.41, 5.74) is 3.93. The molecule has 2 aromatic rings. The summed E-state index contributed by atoms with van der Waals surface area (Å²) < 4.78 is 2.12. The Balaban J connectivity index is 2.19. The molecular formula is C16H14Br2N2. The second-order valence-electron chi connectivity index (χ2n) is 4.38. The Morgan fingerprint density at radius 2 is 0.950 bits per heavy atom. The molecule has 0 saturated carbocycles. The third kappa shape index (κ3) is 4.12. The second-order valence-corrected chi connectivity index (χ2v) is 6.22. The number of hydrogen-bond donors (Lipinski definition) is 0. The van der Waals surface area contributed by atoms with E-state index in [4.69, 9.17) is 0 Å². The van der Waals surface area contributed by atoms with Crippen molar-refractivity contribution in [2.24, 2.45) is 10.2 Å². The van der Waals surface area contributed by atoms with Crippen molar-refractivity contribution in [2.45, 2.75) is 13.8 Å². The summed E-state index contributed by atoms with van der Waals surface area (Å²) in [6.45, 7) is 3.92. The van der Waals surface area contributed by atoms with Gasteiger partial charge in [0.2, 0.25) is 0 Å². The monoisotopic (exact) mass is 392 g/mol. The standard InChI is InChI=1S/C16H14Br2N2/c1-11(13-3-7-15(17)8-4-13)19-20-12(2)14-5-9-16(18)10-6-14/h3-10H,1-2H3/b19-11+,20-12+. The predicted octanol–water partition coefficient (Wildman–Crippen LogP) is 5.44. The minimum absolute atomic E-state index is 0.897. The highest BCUT2D eigenvalue weighted by Gasteiger charge is 1.99. The minimum atomic E-state index is 0.897. The van der Waals surface area contributed by atoms with Gasteiger partial charge in [-0.05, 0) is 49.2 Å². The smallest absolute Gasteiger partial charge is 0.0671 e. The van der Waals surface area contributed by atoms with Crippen molar-refractivity contribution >= 4 is 43.3 Å². The molecule has 2 rings (SSSR count). The van der Waals surface area contributed by atoms with Gasteiger partial charge in [0.05, 0.1) is 11.4 Å². The Labute approximate surface area is 135 Å². The molecule has 2 nitrogen and oxygen atoms in total.